The standard InChI is InChI=1S/C65H91N3O20S/c1-51-55(15-12-16-60-65(2,3)57-50-54(89(72,73)74)19-21-58(57)67(60)24-11-7-10-17-63(71)88-68-61(69)22-23-62(68)70)56-20-18-53(49-59(56)87-64(51)52-13-8-6-9-14-52)66(25-27-77-33-35-81-41-43-85-47-45-83-39-37-79-31-29-75-4)26-28-78-34-36-82-42-44-86-48-46-84-40-38-80-32-30-76-5/h6,8-9,12-16,18-21,49-50H,7,10-11,17,22-48H2,1-5H3/p+1. The van der Waals surface area contributed by atoms with E-state index in [1.807, 2.05) is 69.3 Å². The summed E-state index contributed by atoms with van der Waals surface area (Å²) < 4.78 is 111. The van der Waals surface area contributed by atoms with E-state index in [9.17, 15) is 27.4 Å². The zero-order valence-corrected chi connectivity index (χ0v) is 53.3. The maximum absolute atomic E-state index is 12.6. The Bertz CT molecular complexity index is 2930. The van der Waals surface area contributed by atoms with Gasteiger partial charge in [-0.05, 0) is 61.2 Å². The number of allylic oxidation sites excluding steroid dienone is 3. The number of amides is 2. The minimum atomic E-state index is -4.50. The Labute approximate surface area is 523 Å². The van der Waals surface area contributed by atoms with E-state index in [0.29, 0.717) is 201 Å². The molecule has 2 amide bonds. The first kappa shape index (κ1) is 72.3. The van der Waals surface area contributed by atoms with Gasteiger partial charge >= 0.3 is 5.97 Å². The summed E-state index contributed by atoms with van der Waals surface area (Å²) in [7, 11) is -1.23. The quantitative estimate of drug-likeness (QED) is 0.0209. The number of rotatable bonds is 47. The number of carbonyl (C=O) groups is 3. The van der Waals surface area contributed by atoms with Crippen LogP contribution in [0.25, 0.3) is 28.7 Å². The number of hydrogen-bond donors (Lipinski definition) is 1. The van der Waals surface area contributed by atoms with Gasteiger partial charge in [-0.3, -0.25) is 14.1 Å². The van der Waals surface area contributed by atoms with Crippen molar-refractivity contribution in [1.29, 1.82) is 0 Å². The van der Waals surface area contributed by atoms with Crippen LogP contribution in [0.15, 0.2) is 93.9 Å². The van der Waals surface area contributed by atoms with E-state index in [2.05, 4.69) is 27.7 Å². The van der Waals surface area contributed by atoms with Crippen molar-refractivity contribution in [2.75, 3.05) is 184 Å². The van der Waals surface area contributed by atoms with Gasteiger partial charge in [-0.2, -0.15) is 8.42 Å². The number of methoxy groups -OCH3 is 2. The summed E-state index contributed by atoms with van der Waals surface area (Å²) in [6.07, 6.45) is 7.85. The molecule has 492 valence electrons. The van der Waals surface area contributed by atoms with Gasteiger partial charge < -0.3 is 71.0 Å². The molecule has 0 aromatic heterocycles. The third kappa shape index (κ3) is 24.4. The molecule has 6 rings (SSSR count). The number of carbonyl (C=O) groups excluding carboxylic acids is 3. The highest BCUT2D eigenvalue weighted by atomic mass is 32.2. The Hall–Kier alpha value is -5.81. The van der Waals surface area contributed by atoms with E-state index in [1.165, 1.54) is 12.1 Å². The fraction of sp³-hybridized carbons (Fsp3) is 0.569. The molecule has 2 aromatic carbocycles. The third-order valence-electron chi connectivity index (χ3n) is 14.6. The molecule has 1 aliphatic carbocycles. The molecule has 3 aliphatic heterocycles. The van der Waals surface area contributed by atoms with Crippen LogP contribution in [0.2, 0.25) is 0 Å². The van der Waals surface area contributed by atoms with Crippen molar-refractivity contribution in [2.24, 2.45) is 0 Å². The molecule has 1 N–H and O–H groups in total. The number of imide groups is 1. The minimum Gasteiger partial charge on any atom is -0.456 e. The van der Waals surface area contributed by atoms with E-state index in [-0.39, 0.29) is 24.2 Å². The summed E-state index contributed by atoms with van der Waals surface area (Å²) in [5, 5.41) is 1.46. The Morgan fingerprint density at radius 3 is 1.62 bits per heavy atom. The molecule has 23 nitrogen and oxygen atoms in total. The van der Waals surface area contributed by atoms with Crippen LogP contribution in [-0.2, 0) is 91.6 Å². The fourth-order valence-electron chi connectivity index (χ4n) is 9.89. The summed E-state index contributed by atoms with van der Waals surface area (Å²) in [6.45, 7) is 17.8. The molecule has 1 fully saturated rings. The second kappa shape index (κ2) is 40.1. The van der Waals surface area contributed by atoms with Crippen LogP contribution in [0.4, 0.5) is 5.69 Å². The number of hydroxylamine groups is 2. The second-order valence-corrected chi connectivity index (χ2v) is 22.7. The highest BCUT2D eigenvalue weighted by Crippen LogP contribution is 2.49. The van der Waals surface area contributed by atoms with Crippen LogP contribution in [0.5, 0.6) is 0 Å². The Kier molecular flexibility index (Phi) is 32.6. The van der Waals surface area contributed by atoms with Gasteiger partial charge in [0.15, 0.2) is 13.1 Å². The summed E-state index contributed by atoms with van der Waals surface area (Å²) in [6, 6.07) is 20.7. The predicted molar refractivity (Wildman–Crippen MR) is 332 cm³/mol. The molecule has 3 heterocycles. The third-order valence-corrected chi connectivity index (χ3v) is 15.5. The van der Waals surface area contributed by atoms with Crippen LogP contribution in [-0.4, -0.2) is 215 Å². The zero-order valence-electron chi connectivity index (χ0n) is 52.5. The van der Waals surface area contributed by atoms with Gasteiger partial charge in [-0.15, -0.1) is 5.06 Å². The molecule has 0 saturated carbocycles. The van der Waals surface area contributed by atoms with E-state index < -0.39 is 33.3 Å². The second-order valence-electron chi connectivity index (χ2n) is 21.3. The molecular formula is C65H92N3O20S+. The summed E-state index contributed by atoms with van der Waals surface area (Å²) in [5.41, 5.74) is 5.33. The monoisotopic (exact) mass is 1270 g/mol. The van der Waals surface area contributed by atoms with Crippen LogP contribution < -0.4 is 14.8 Å². The molecule has 0 spiro atoms. The van der Waals surface area contributed by atoms with Crippen molar-refractivity contribution in [2.45, 2.75) is 69.6 Å². The normalized spacial score (nSPS) is 14.6. The van der Waals surface area contributed by atoms with Crippen LogP contribution in [0, 0.1) is 6.92 Å². The van der Waals surface area contributed by atoms with Crippen LogP contribution in [0.1, 0.15) is 69.1 Å². The highest BCUT2D eigenvalue weighted by molar-refractivity contribution is 7.85. The molecule has 4 aliphatic rings. The van der Waals surface area contributed by atoms with Gasteiger partial charge in [0.05, 0.1) is 143 Å². The molecule has 0 bridgehead atoms. The zero-order chi connectivity index (χ0) is 63.5. The van der Waals surface area contributed by atoms with Gasteiger partial charge in [0.2, 0.25) is 5.36 Å². The lowest BCUT2D eigenvalue weighted by atomic mass is 9.83. The molecule has 1 saturated heterocycles. The fourth-order valence-corrected chi connectivity index (χ4v) is 10.4. The number of ether oxygens (including phenoxy) is 12. The number of hydrogen-bond acceptors (Lipinski definition) is 20. The maximum atomic E-state index is 12.6. The van der Waals surface area contributed by atoms with Crippen LogP contribution >= 0.6 is 0 Å². The van der Waals surface area contributed by atoms with Gasteiger partial charge in [0, 0.05) is 79.6 Å². The molecule has 2 aromatic rings. The Morgan fingerprint density at radius 1 is 0.629 bits per heavy atom. The van der Waals surface area contributed by atoms with Crippen molar-refractivity contribution in [3.63, 3.8) is 0 Å². The molecule has 89 heavy (non-hydrogen) atoms. The highest BCUT2D eigenvalue weighted by Gasteiger charge is 2.40. The number of benzene rings is 3. The minimum absolute atomic E-state index is 0.0171. The van der Waals surface area contributed by atoms with Gasteiger partial charge in [-0.25, -0.2) is 9.37 Å². The number of fused-ring (bicyclic) bond motifs is 2. The van der Waals surface area contributed by atoms with Crippen molar-refractivity contribution >= 4 is 39.7 Å². The van der Waals surface area contributed by atoms with Crippen molar-refractivity contribution in [3.8, 4) is 22.6 Å². The Balaban J connectivity index is 1.15. The SMILES string of the molecule is COCCOCCOCCOCCOCCOCC[N+](CCOCCOCCOCCOCCOCCOC)=c1ccc2c(/C=C/C=C3\N(CCCCCC(=O)ON4C(=O)CCC4=O)c4ccc(S(=O)(=O)O)cc4C3(C)C)c(C)c(-c3ccccc3)oc-2c1. The first-order chi connectivity index (χ1) is 43.2. The van der Waals surface area contributed by atoms with E-state index >= 15 is 0 Å². The Morgan fingerprint density at radius 2 is 1.12 bits per heavy atom. The van der Waals surface area contributed by atoms with E-state index in [1.54, 1.807) is 20.3 Å². The molecule has 0 atom stereocenters. The number of unbranched alkanes of at least 4 members (excludes halogenated alkanes) is 2. The van der Waals surface area contributed by atoms with Crippen LogP contribution in [0.3, 0.4) is 0 Å². The molecule has 0 radical (unpaired) electrons. The topological polar surface area (TPSA) is 248 Å². The lowest BCUT2D eigenvalue weighted by Gasteiger charge is -2.27. The predicted octanol–water partition coefficient (Wildman–Crippen LogP) is 6.70. The average molecular weight is 1270 g/mol. The van der Waals surface area contributed by atoms with E-state index in [0.717, 1.165) is 44.6 Å². The lowest BCUT2D eigenvalue weighted by molar-refractivity contribution is -0.197. The van der Waals surface area contributed by atoms with Crippen molar-refractivity contribution < 1.29 is 93.5 Å². The number of nitrogens with zero attached hydrogens (tertiary/aromatic N) is 3. The first-order valence-corrected chi connectivity index (χ1v) is 32.0. The summed E-state index contributed by atoms with van der Waals surface area (Å²) in [4.78, 5) is 43.6. The lowest BCUT2D eigenvalue weighted by Crippen LogP contribution is -2.36. The van der Waals surface area contributed by atoms with Gasteiger partial charge in [-0.1, -0.05) is 62.8 Å². The van der Waals surface area contributed by atoms with E-state index in [4.69, 9.17) is 66.1 Å². The van der Waals surface area contributed by atoms with Gasteiger partial charge in [0.25, 0.3) is 21.9 Å². The smallest absolute Gasteiger partial charge is 0.333 e. The molecule has 24 heteroatoms. The molecule has 0 unspecified atom stereocenters. The number of anilines is 1. The average Bonchev–Trinajstić information content (AvgIpc) is 1.66. The molecular weight excluding hydrogens is 1170 g/mol. The first-order valence-electron chi connectivity index (χ1n) is 30.6. The summed E-state index contributed by atoms with van der Waals surface area (Å²) >= 11 is 0. The van der Waals surface area contributed by atoms with Gasteiger partial charge in [0.1, 0.15) is 24.7 Å². The summed E-state index contributed by atoms with van der Waals surface area (Å²) in [5.74, 6) is -0.353. The largest absolute Gasteiger partial charge is 0.456 e. The maximum Gasteiger partial charge on any atom is 0.333 e. The van der Waals surface area contributed by atoms with Crippen molar-refractivity contribution in [1.82, 2.24) is 9.64 Å². The van der Waals surface area contributed by atoms with Crippen molar-refractivity contribution in [3.05, 3.63) is 107 Å².